The second-order valence-corrected chi connectivity index (χ2v) is 4.82. The summed E-state index contributed by atoms with van der Waals surface area (Å²) >= 11 is 11.7. The summed E-state index contributed by atoms with van der Waals surface area (Å²) in [5, 5.41) is 3.97. The standard InChI is InChI=1S/C11H8Cl2F3N3O/c12-5-3-6(9(17)7(13)4-5)10-18-8(19-20-10)1-2-11(14,15)16/h3-4H,1-2,17H2. The summed E-state index contributed by atoms with van der Waals surface area (Å²) in [4.78, 5) is 3.85. The van der Waals surface area contributed by atoms with E-state index in [1.807, 2.05) is 0 Å². The first-order valence-electron chi connectivity index (χ1n) is 5.40. The molecule has 0 aliphatic carbocycles. The molecule has 1 aromatic heterocycles. The van der Waals surface area contributed by atoms with Gasteiger partial charge in [0.25, 0.3) is 5.89 Å². The summed E-state index contributed by atoms with van der Waals surface area (Å²) in [7, 11) is 0. The second kappa shape index (κ2) is 5.49. The Kier molecular flexibility index (Phi) is 4.10. The maximum Gasteiger partial charge on any atom is 0.389 e. The third kappa shape index (κ3) is 3.55. The van der Waals surface area contributed by atoms with E-state index >= 15 is 0 Å². The van der Waals surface area contributed by atoms with E-state index in [0.717, 1.165) is 0 Å². The number of alkyl halides is 3. The Bertz CT molecular complexity index is 628. The molecule has 0 unspecified atom stereocenters. The van der Waals surface area contributed by atoms with Crippen LogP contribution in [0.15, 0.2) is 16.7 Å². The average molecular weight is 326 g/mol. The molecule has 1 aromatic carbocycles. The van der Waals surface area contributed by atoms with Crippen LogP contribution >= 0.6 is 23.2 Å². The van der Waals surface area contributed by atoms with Gasteiger partial charge in [-0.05, 0) is 12.1 Å². The molecule has 0 atom stereocenters. The van der Waals surface area contributed by atoms with E-state index in [4.69, 9.17) is 33.5 Å². The third-order valence-corrected chi connectivity index (χ3v) is 2.96. The monoisotopic (exact) mass is 325 g/mol. The number of nitrogens with two attached hydrogens (primary N) is 1. The molecule has 2 rings (SSSR count). The van der Waals surface area contributed by atoms with Crippen molar-refractivity contribution < 1.29 is 17.7 Å². The number of nitrogens with zero attached hydrogens (tertiary/aromatic N) is 2. The molecule has 4 nitrogen and oxygen atoms in total. The van der Waals surface area contributed by atoms with E-state index in [1.54, 1.807) is 0 Å². The van der Waals surface area contributed by atoms with Gasteiger partial charge in [-0.15, -0.1) is 0 Å². The van der Waals surface area contributed by atoms with E-state index in [-0.39, 0.29) is 34.4 Å². The number of benzene rings is 1. The molecule has 2 aromatic rings. The SMILES string of the molecule is Nc1c(Cl)cc(Cl)cc1-c1nc(CCC(F)(F)F)no1. The van der Waals surface area contributed by atoms with Crippen molar-refractivity contribution >= 4 is 28.9 Å². The Morgan fingerprint density at radius 3 is 2.60 bits per heavy atom. The topological polar surface area (TPSA) is 64.9 Å². The molecule has 0 saturated carbocycles. The molecular weight excluding hydrogens is 318 g/mol. The first kappa shape index (κ1) is 14.9. The number of hydrogen-bond donors (Lipinski definition) is 1. The van der Waals surface area contributed by atoms with Crippen LogP contribution in [0.3, 0.4) is 0 Å². The zero-order chi connectivity index (χ0) is 14.9. The van der Waals surface area contributed by atoms with Crippen molar-refractivity contribution in [2.24, 2.45) is 0 Å². The Labute approximate surface area is 121 Å². The average Bonchev–Trinajstić information content (AvgIpc) is 2.79. The maximum atomic E-state index is 12.1. The van der Waals surface area contributed by atoms with E-state index in [1.165, 1.54) is 12.1 Å². The summed E-state index contributed by atoms with van der Waals surface area (Å²) < 4.78 is 41.2. The van der Waals surface area contributed by atoms with Crippen LogP contribution in [-0.2, 0) is 6.42 Å². The number of hydrogen-bond acceptors (Lipinski definition) is 4. The van der Waals surface area contributed by atoms with Gasteiger partial charge in [0.05, 0.1) is 22.7 Å². The molecule has 0 radical (unpaired) electrons. The number of halogens is 5. The normalized spacial score (nSPS) is 11.8. The number of aryl methyl sites for hydroxylation is 1. The molecule has 0 saturated heterocycles. The van der Waals surface area contributed by atoms with Crippen molar-refractivity contribution in [2.75, 3.05) is 5.73 Å². The predicted molar refractivity (Wildman–Crippen MR) is 68.5 cm³/mol. The van der Waals surface area contributed by atoms with Gasteiger partial charge in [0.2, 0.25) is 0 Å². The largest absolute Gasteiger partial charge is 0.397 e. The van der Waals surface area contributed by atoms with Crippen LogP contribution in [0.2, 0.25) is 10.0 Å². The highest BCUT2D eigenvalue weighted by Crippen LogP contribution is 2.34. The van der Waals surface area contributed by atoms with Crippen molar-refractivity contribution in [3.63, 3.8) is 0 Å². The molecule has 0 aliphatic heterocycles. The Hall–Kier alpha value is -1.47. The van der Waals surface area contributed by atoms with E-state index in [0.29, 0.717) is 5.02 Å². The molecule has 108 valence electrons. The molecule has 0 fully saturated rings. The van der Waals surface area contributed by atoms with Gasteiger partial charge in [-0.2, -0.15) is 18.2 Å². The zero-order valence-corrected chi connectivity index (χ0v) is 11.4. The Morgan fingerprint density at radius 2 is 1.95 bits per heavy atom. The fourth-order valence-corrected chi connectivity index (χ4v) is 1.97. The fourth-order valence-electron chi connectivity index (χ4n) is 1.48. The number of aromatic nitrogens is 2. The molecule has 1 heterocycles. The van der Waals surface area contributed by atoms with Gasteiger partial charge in [-0.25, -0.2) is 0 Å². The Balaban J connectivity index is 2.25. The summed E-state index contributed by atoms with van der Waals surface area (Å²) in [6, 6.07) is 2.88. The van der Waals surface area contributed by atoms with Crippen molar-refractivity contribution in [1.29, 1.82) is 0 Å². The lowest BCUT2D eigenvalue weighted by molar-refractivity contribution is -0.134. The minimum absolute atomic E-state index is 0.0240. The van der Waals surface area contributed by atoms with Crippen LogP contribution in [0.25, 0.3) is 11.5 Å². The molecule has 0 amide bonds. The van der Waals surface area contributed by atoms with Gasteiger partial charge in [0.15, 0.2) is 5.82 Å². The molecule has 0 aliphatic rings. The van der Waals surface area contributed by atoms with Crippen LogP contribution in [0.5, 0.6) is 0 Å². The minimum Gasteiger partial charge on any atom is -0.397 e. The van der Waals surface area contributed by atoms with Crippen LogP contribution < -0.4 is 5.73 Å². The number of nitrogen functional groups attached to an aromatic ring is 1. The molecule has 2 N–H and O–H groups in total. The third-order valence-electron chi connectivity index (χ3n) is 2.42. The molecular formula is C11H8Cl2F3N3O. The molecule has 20 heavy (non-hydrogen) atoms. The quantitative estimate of drug-likeness (QED) is 0.862. The lowest BCUT2D eigenvalue weighted by atomic mass is 10.2. The van der Waals surface area contributed by atoms with Gasteiger partial charge >= 0.3 is 6.18 Å². The summed E-state index contributed by atoms with van der Waals surface area (Å²) in [5.41, 5.74) is 6.19. The predicted octanol–water partition coefficient (Wildman–Crippen LogP) is 4.12. The highest BCUT2D eigenvalue weighted by molar-refractivity contribution is 6.37. The maximum absolute atomic E-state index is 12.1. The van der Waals surface area contributed by atoms with Crippen LogP contribution in [0, 0.1) is 0 Å². The minimum atomic E-state index is -4.28. The van der Waals surface area contributed by atoms with Crippen molar-refractivity contribution in [2.45, 2.75) is 19.0 Å². The van der Waals surface area contributed by atoms with Crippen LogP contribution in [0.4, 0.5) is 18.9 Å². The highest BCUT2D eigenvalue weighted by Gasteiger charge is 2.27. The van der Waals surface area contributed by atoms with Gasteiger partial charge < -0.3 is 10.3 Å². The summed E-state index contributed by atoms with van der Waals surface area (Å²) in [6.45, 7) is 0. The highest BCUT2D eigenvalue weighted by atomic mass is 35.5. The lowest BCUT2D eigenvalue weighted by Gasteiger charge is -2.04. The van der Waals surface area contributed by atoms with Gasteiger partial charge in [-0.1, -0.05) is 28.4 Å². The second-order valence-electron chi connectivity index (χ2n) is 3.98. The molecule has 9 heteroatoms. The summed E-state index contributed by atoms with van der Waals surface area (Å²) in [6.07, 6.45) is -5.68. The smallest absolute Gasteiger partial charge is 0.389 e. The molecule has 0 spiro atoms. The van der Waals surface area contributed by atoms with Gasteiger partial charge in [0.1, 0.15) is 0 Å². The van der Waals surface area contributed by atoms with E-state index < -0.39 is 12.6 Å². The fraction of sp³-hybridized carbons (Fsp3) is 0.273. The molecule has 0 bridgehead atoms. The first-order valence-corrected chi connectivity index (χ1v) is 6.16. The van der Waals surface area contributed by atoms with Gasteiger partial charge in [-0.3, -0.25) is 0 Å². The van der Waals surface area contributed by atoms with E-state index in [9.17, 15) is 13.2 Å². The lowest BCUT2D eigenvalue weighted by Crippen LogP contribution is -2.09. The Morgan fingerprint density at radius 1 is 1.25 bits per heavy atom. The van der Waals surface area contributed by atoms with Crippen molar-refractivity contribution in [3.8, 4) is 11.5 Å². The number of rotatable bonds is 3. The van der Waals surface area contributed by atoms with Gasteiger partial charge in [0, 0.05) is 11.4 Å². The first-order chi connectivity index (χ1) is 9.26. The van der Waals surface area contributed by atoms with Crippen LogP contribution in [-0.4, -0.2) is 16.3 Å². The van der Waals surface area contributed by atoms with E-state index in [2.05, 4.69) is 10.1 Å². The zero-order valence-electron chi connectivity index (χ0n) is 9.84. The van der Waals surface area contributed by atoms with Crippen LogP contribution in [0.1, 0.15) is 12.2 Å². The van der Waals surface area contributed by atoms with Crippen molar-refractivity contribution in [3.05, 3.63) is 28.0 Å². The van der Waals surface area contributed by atoms with Crippen molar-refractivity contribution in [1.82, 2.24) is 10.1 Å². The number of anilines is 1. The summed E-state index contributed by atoms with van der Waals surface area (Å²) in [5.74, 6) is -0.0862.